The van der Waals surface area contributed by atoms with Gasteiger partial charge in [-0.1, -0.05) is 60.7 Å². The predicted molar refractivity (Wildman–Crippen MR) is 67.0 cm³/mol. The van der Waals surface area contributed by atoms with E-state index in [-0.39, 0.29) is 11.8 Å². The molecule has 2 N–H and O–H groups in total. The van der Waals surface area contributed by atoms with Crippen molar-refractivity contribution in [1.29, 1.82) is 0 Å². The van der Waals surface area contributed by atoms with E-state index in [4.69, 9.17) is 0 Å². The fraction of sp³-hybridized carbons (Fsp3) is 0.0667. The normalized spacial score (nSPS) is 10.5. The van der Waals surface area contributed by atoms with Gasteiger partial charge in [-0.05, 0) is 11.1 Å². The zero-order valence-electron chi connectivity index (χ0n) is 9.54. The number of primary amides is 1. The minimum absolute atomic E-state index is 0.0300. The van der Waals surface area contributed by atoms with Gasteiger partial charge in [0.1, 0.15) is 5.92 Å². The highest BCUT2D eigenvalue weighted by atomic mass is 16.1. The smallest absolute Gasteiger partial charge is 0.296 e. The van der Waals surface area contributed by atoms with Crippen LogP contribution in [-0.4, -0.2) is 5.91 Å². The van der Waals surface area contributed by atoms with Crippen LogP contribution in [0.4, 0.5) is 0 Å². The lowest BCUT2D eigenvalue weighted by Gasteiger charge is -2.15. The highest BCUT2D eigenvalue weighted by Gasteiger charge is 2.22. The Hall–Kier alpha value is -1.93. The fourth-order valence-corrected chi connectivity index (χ4v) is 1.93. The maximum Gasteiger partial charge on any atom is 0.296 e. The van der Waals surface area contributed by atoms with E-state index in [9.17, 15) is 4.79 Å². The first-order chi connectivity index (χ1) is 8.33. The number of hydrogen-bond donors (Lipinski definition) is 1. The minimum atomic E-state index is -0.241. The van der Waals surface area contributed by atoms with Crippen LogP contribution in [-0.2, 0) is 4.79 Å². The Bertz CT molecular complexity index is 439. The van der Waals surface area contributed by atoms with Gasteiger partial charge in [0.15, 0.2) is 0 Å². The summed E-state index contributed by atoms with van der Waals surface area (Å²) in [6, 6.07) is 19.6. The van der Waals surface area contributed by atoms with E-state index in [1.54, 1.807) is 0 Å². The van der Waals surface area contributed by atoms with Crippen LogP contribution in [0.3, 0.4) is 0 Å². The summed E-state index contributed by atoms with van der Waals surface area (Å²) in [5, 5.41) is 1.39. The second kappa shape index (κ2) is 5.41. The maximum atomic E-state index is 12.0. The zero-order valence-corrected chi connectivity index (χ0v) is 9.54. The number of rotatable bonds is 3. The molecule has 86 valence electrons. The third-order valence-corrected chi connectivity index (χ3v) is 2.75. The molecule has 2 nitrogen and oxygen atoms in total. The number of carbonyl (C=O) groups excluding carboxylic acids is 1. The van der Waals surface area contributed by atoms with Crippen molar-refractivity contribution in [2.75, 3.05) is 0 Å². The van der Waals surface area contributed by atoms with Crippen molar-refractivity contribution in [1.82, 2.24) is 0 Å². The molecular formula is C15H15NO. The van der Waals surface area contributed by atoms with Gasteiger partial charge in [0.2, 0.25) is 0 Å². The lowest BCUT2D eigenvalue weighted by atomic mass is 9.90. The van der Waals surface area contributed by atoms with Gasteiger partial charge in [0.25, 0.3) is 5.91 Å². The average Bonchev–Trinajstić information content (AvgIpc) is 2.41. The molecule has 0 saturated heterocycles. The molecule has 1 amide bonds. The van der Waals surface area contributed by atoms with Crippen LogP contribution in [0.2, 0.25) is 0 Å². The Kier molecular flexibility index (Phi) is 3.68. The van der Waals surface area contributed by atoms with Crippen molar-refractivity contribution in [3.63, 3.8) is 0 Å². The summed E-state index contributed by atoms with van der Waals surface area (Å²) >= 11 is 0. The van der Waals surface area contributed by atoms with E-state index in [0.717, 1.165) is 11.1 Å². The zero-order chi connectivity index (χ0) is 12.1. The van der Waals surface area contributed by atoms with Crippen molar-refractivity contribution in [3.8, 4) is 0 Å². The number of nitrogens with two attached hydrogens (primary N) is 1. The van der Waals surface area contributed by atoms with E-state index in [1.165, 1.54) is 5.32 Å². The molecule has 0 atom stereocenters. The van der Waals surface area contributed by atoms with Crippen LogP contribution in [0.5, 0.6) is 0 Å². The molecule has 0 heterocycles. The van der Waals surface area contributed by atoms with E-state index < -0.39 is 0 Å². The second-order valence-electron chi connectivity index (χ2n) is 3.86. The van der Waals surface area contributed by atoms with Gasteiger partial charge in [0.05, 0.1) is 0 Å². The van der Waals surface area contributed by atoms with Crippen molar-refractivity contribution >= 4 is 5.91 Å². The molecule has 0 aliphatic heterocycles. The lowest BCUT2D eigenvalue weighted by molar-refractivity contribution is -0.508. The van der Waals surface area contributed by atoms with Crippen LogP contribution >= 0.6 is 0 Å². The minimum Gasteiger partial charge on any atom is -0.414 e. The largest absolute Gasteiger partial charge is 0.414 e. The first-order valence-electron chi connectivity index (χ1n) is 5.59. The highest BCUT2D eigenvalue weighted by molar-refractivity contribution is 5.79. The Morgan fingerprint density at radius 3 is 1.65 bits per heavy atom. The van der Waals surface area contributed by atoms with Crippen molar-refractivity contribution < 1.29 is 10.1 Å². The van der Waals surface area contributed by atoms with Crippen molar-refractivity contribution in [2.24, 2.45) is 0 Å². The topological polar surface area (TPSA) is 33.7 Å². The average molecular weight is 225 g/mol. The van der Waals surface area contributed by atoms with Gasteiger partial charge in [-0.25, -0.2) is 4.79 Å². The Morgan fingerprint density at radius 2 is 1.29 bits per heavy atom. The van der Waals surface area contributed by atoms with E-state index in [1.807, 2.05) is 60.7 Å². The summed E-state index contributed by atoms with van der Waals surface area (Å²) in [6.45, 7) is 0. The quantitative estimate of drug-likeness (QED) is 0.793. The van der Waals surface area contributed by atoms with Gasteiger partial charge in [-0.2, -0.15) is 0 Å². The van der Waals surface area contributed by atoms with Crippen LogP contribution < -0.4 is 5.32 Å². The molecule has 0 aromatic heterocycles. The number of amides is 1. The molecule has 0 aliphatic rings. The van der Waals surface area contributed by atoms with Gasteiger partial charge < -0.3 is 5.32 Å². The molecule has 17 heavy (non-hydrogen) atoms. The number of hydrogen-bond acceptors (Lipinski definition) is 1. The number of quaternary nitrogens is 1. The molecule has 0 aliphatic carbocycles. The van der Waals surface area contributed by atoms with Crippen LogP contribution in [0, 0.1) is 7.05 Å². The molecule has 2 aromatic rings. The molecule has 0 fully saturated rings. The van der Waals surface area contributed by atoms with E-state index in [2.05, 4.69) is 7.05 Å². The third kappa shape index (κ3) is 2.60. The lowest BCUT2D eigenvalue weighted by Crippen LogP contribution is -2.82. The molecule has 2 aromatic carbocycles. The molecule has 2 rings (SSSR count). The Balaban J connectivity index is 2.43. The van der Waals surface area contributed by atoms with E-state index >= 15 is 0 Å². The SMILES string of the molecule is [CH2-][NH2+]C(=O)C(c1ccccc1)c1ccccc1. The van der Waals surface area contributed by atoms with Gasteiger partial charge in [-0.3, -0.25) is 0 Å². The first-order valence-corrected chi connectivity index (χ1v) is 5.59. The molecule has 0 radical (unpaired) electrons. The summed E-state index contributed by atoms with van der Waals surface area (Å²) in [6.07, 6.45) is 0. The van der Waals surface area contributed by atoms with Gasteiger partial charge in [0, 0.05) is 0 Å². The monoisotopic (exact) mass is 225 g/mol. The molecule has 0 spiro atoms. The highest BCUT2D eigenvalue weighted by Crippen LogP contribution is 2.23. The third-order valence-electron chi connectivity index (χ3n) is 2.75. The second-order valence-corrected chi connectivity index (χ2v) is 3.86. The first kappa shape index (κ1) is 11.6. The molecular weight excluding hydrogens is 210 g/mol. The maximum absolute atomic E-state index is 12.0. The summed E-state index contributed by atoms with van der Waals surface area (Å²) in [7, 11) is 3.58. The summed E-state index contributed by atoms with van der Waals surface area (Å²) in [4.78, 5) is 12.0. The molecule has 0 unspecified atom stereocenters. The molecule has 0 bridgehead atoms. The van der Waals surface area contributed by atoms with Gasteiger partial charge in [-0.15, -0.1) is 7.05 Å². The number of benzene rings is 2. The standard InChI is InChI=1S/C15H15NO/c1-16-15(17)14(12-8-4-2-5-9-12)13-10-6-3-7-11-13/h2-11,14H,1,16H2. The van der Waals surface area contributed by atoms with Crippen LogP contribution in [0.25, 0.3) is 0 Å². The fourth-order valence-electron chi connectivity index (χ4n) is 1.93. The van der Waals surface area contributed by atoms with Crippen molar-refractivity contribution in [3.05, 3.63) is 78.8 Å². The molecule has 2 heteroatoms. The summed E-state index contributed by atoms with van der Waals surface area (Å²) in [5.74, 6) is -0.211. The summed E-state index contributed by atoms with van der Waals surface area (Å²) in [5.41, 5.74) is 2.01. The van der Waals surface area contributed by atoms with Crippen LogP contribution in [0.1, 0.15) is 17.0 Å². The van der Waals surface area contributed by atoms with Gasteiger partial charge >= 0.3 is 0 Å². The Labute approximate surface area is 101 Å². The number of carbonyl (C=O) groups is 1. The predicted octanol–water partition coefficient (Wildman–Crippen LogP) is 1.70. The molecule has 0 saturated carbocycles. The Morgan fingerprint density at radius 1 is 0.882 bits per heavy atom. The van der Waals surface area contributed by atoms with E-state index in [0.29, 0.717) is 0 Å². The van der Waals surface area contributed by atoms with Crippen molar-refractivity contribution in [2.45, 2.75) is 5.92 Å². The summed E-state index contributed by atoms with van der Waals surface area (Å²) < 4.78 is 0. The van der Waals surface area contributed by atoms with Crippen LogP contribution in [0.15, 0.2) is 60.7 Å².